The van der Waals surface area contributed by atoms with Crippen molar-refractivity contribution in [1.29, 1.82) is 0 Å². The molecular formula is C37H40Cl2F2N10O4. The number of aromatic amines is 2. The monoisotopic (exact) mass is 796 g/mol. The third kappa shape index (κ3) is 10.1. The molecule has 0 saturated carbocycles. The molecule has 14 nitrogen and oxygen atoms in total. The number of halogens is 4. The first-order valence-electron chi connectivity index (χ1n) is 17.2. The molecule has 6 rings (SSSR count). The van der Waals surface area contributed by atoms with Crippen LogP contribution in [0.1, 0.15) is 65.8 Å². The molecule has 290 valence electrons. The van der Waals surface area contributed by atoms with E-state index in [1.54, 1.807) is 12.1 Å². The number of methoxy groups -OCH3 is 1. The van der Waals surface area contributed by atoms with Crippen LogP contribution in [0.5, 0.6) is 0 Å². The molecule has 6 aromatic heterocycles. The van der Waals surface area contributed by atoms with Gasteiger partial charge < -0.3 is 9.84 Å². The Kier molecular flexibility index (Phi) is 12.4. The number of nitrogens with one attached hydrogen (secondary N) is 2. The van der Waals surface area contributed by atoms with Crippen molar-refractivity contribution < 1.29 is 28.2 Å². The number of esters is 1. The minimum Gasteiger partial charge on any atom is -0.481 e. The van der Waals surface area contributed by atoms with Gasteiger partial charge in [-0.15, -0.1) is 0 Å². The van der Waals surface area contributed by atoms with Crippen molar-refractivity contribution in [3.05, 3.63) is 70.0 Å². The highest BCUT2D eigenvalue weighted by atomic mass is 35.5. The molecule has 0 spiro atoms. The zero-order valence-electron chi connectivity index (χ0n) is 31.2. The third-order valence-corrected chi connectivity index (χ3v) is 9.64. The first-order chi connectivity index (χ1) is 25.8. The van der Waals surface area contributed by atoms with Gasteiger partial charge in [0.05, 0.1) is 51.7 Å². The van der Waals surface area contributed by atoms with Gasteiger partial charge in [-0.1, -0.05) is 64.7 Å². The molecule has 0 aliphatic heterocycles. The van der Waals surface area contributed by atoms with Gasteiger partial charge in [-0.25, -0.2) is 38.7 Å². The van der Waals surface area contributed by atoms with E-state index in [0.717, 1.165) is 12.4 Å². The van der Waals surface area contributed by atoms with Gasteiger partial charge in [-0.05, 0) is 47.6 Å². The lowest BCUT2D eigenvalue weighted by Gasteiger charge is -2.29. The van der Waals surface area contributed by atoms with E-state index in [2.05, 4.69) is 50.3 Å². The van der Waals surface area contributed by atoms with E-state index in [0.29, 0.717) is 43.5 Å². The molecule has 0 amide bonds. The number of ether oxygens (including phenoxy) is 1. The Bertz CT molecular complexity index is 2340. The summed E-state index contributed by atoms with van der Waals surface area (Å²) in [5, 5.41) is 25.2. The largest absolute Gasteiger partial charge is 0.481 e. The summed E-state index contributed by atoms with van der Waals surface area (Å²) in [6.07, 6.45) is 5.73. The maximum atomic E-state index is 14.5. The summed E-state index contributed by atoms with van der Waals surface area (Å²) in [4.78, 5) is 48.1. The van der Waals surface area contributed by atoms with Gasteiger partial charge in [0, 0.05) is 25.2 Å². The Labute approximate surface area is 324 Å². The highest BCUT2D eigenvalue weighted by Crippen LogP contribution is 2.34. The summed E-state index contributed by atoms with van der Waals surface area (Å²) < 4.78 is 33.6. The molecule has 55 heavy (non-hydrogen) atoms. The fourth-order valence-corrected chi connectivity index (χ4v) is 6.07. The molecule has 18 heteroatoms. The zero-order valence-corrected chi connectivity index (χ0v) is 32.7. The SMILES string of the molecule is CC(C)(C)[C@@H](CC(=O)O)Cc1nc(-c2[nH]nc3ncc(Cl)cc23)ncc1F.COC(=O)C[C@@H](Cc1nc(-c2[nH]nc3ncc(Cl)cc23)ncc1F)C(C)(C)C. The number of carboxylic acids is 1. The molecule has 0 aliphatic rings. The van der Waals surface area contributed by atoms with Crippen molar-refractivity contribution >= 4 is 57.2 Å². The van der Waals surface area contributed by atoms with Gasteiger partial charge in [0.15, 0.2) is 34.6 Å². The fourth-order valence-electron chi connectivity index (χ4n) is 5.75. The molecule has 2 atom stereocenters. The molecule has 6 heterocycles. The predicted octanol–water partition coefficient (Wildman–Crippen LogP) is 7.86. The van der Waals surface area contributed by atoms with E-state index in [1.165, 1.54) is 19.5 Å². The van der Waals surface area contributed by atoms with Gasteiger partial charge in [0.1, 0.15) is 11.4 Å². The number of aromatic nitrogens is 10. The fraction of sp³-hybridized carbons (Fsp3) is 0.405. The topological polar surface area (TPSA) is 198 Å². The number of carbonyl (C=O) groups is 2. The predicted molar refractivity (Wildman–Crippen MR) is 202 cm³/mol. The highest BCUT2D eigenvalue weighted by Gasteiger charge is 2.31. The van der Waals surface area contributed by atoms with E-state index >= 15 is 0 Å². The first kappa shape index (κ1) is 41.0. The molecule has 0 saturated heterocycles. The number of nitrogens with zero attached hydrogens (tertiary/aromatic N) is 8. The van der Waals surface area contributed by atoms with E-state index in [1.807, 2.05) is 41.5 Å². The summed E-state index contributed by atoms with van der Waals surface area (Å²) in [5.74, 6) is -2.27. The molecule has 0 radical (unpaired) electrons. The number of hydrogen-bond donors (Lipinski definition) is 3. The number of pyridine rings is 2. The number of aliphatic carboxylic acids is 1. The zero-order chi connectivity index (χ0) is 40.2. The summed E-state index contributed by atoms with van der Waals surface area (Å²) in [6, 6.07) is 3.38. The Balaban J connectivity index is 0.000000211. The van der Waals surface area contributed by atoms with Crippen molar-refractivity contribution in [2.75, 3.05) is 7.11 Å². The van der Waals surface area contributed by atoms with Gasteiger partial charge >= 0.3 is 11.9 Å². The summed E-state index contributed by atoms with van der Waals surface area (Å²) in [7, 11) is 1.34. The standard InChI is InChI=1S/C19H21ClFN5O2.C18H19ClFN5O2/c1-19(2,3)10(6-15(27)28-4)5-14-13(21)9-23-18(24-14)16-12-7-11(20)8-22-17(12)26-25-16;1-18(2,3)9(5-14(26)27)4-13-12(20)8-22-17(23-13)15-11-6-10(19)7-21-16(11)25-24-15/h7-10H,5-6H2,1-4H3,(H,22,25,26);6-9H,4-5H2,1-3H3,(H,26,27)(H,21,24,25)/t10-;9-/m11/s1. The number of fused-ring (bicyclic) bond motifs is 2. The number of carboxylic acid groups (broad SMARTS) is 1. The molecule has 0 bridgehead atoms. The van der Waals surface area contributed by atoms with Crippen LogP contribution in [0.3, 0.4) is 0 Å². The normalized spacial score (nSPS) is 13.0. The van der Waals surface area contributed by atoms with Crippen LogP contribution in [0.25, 0.3) is 45.1 Å². The van der Waals surface area contributed by atoms with Crippen LogP contribution in [0.15, 0.2) is 36.9 Å². The minimum absolute atomic E-state index is 0.0746. The second kappa shape index (κ2) is 16.7. The second-order valence-corrected chi connectivity index (χ2v) is 16.0. The van der Waals surface area contributed by atoms with Crippen LogP contribution in [0, 0.1) is 34.3 Å². The van der Waals surface area contributed by atoms with Crippen molar-refractivity contribution in [3.8, 4) is 23.0 Å². The van der Waals surface area contributed by atoms with Crippen molar-refractivity contribution in [2.45, 2.75) is 67.2 Å². The van der Waals surface area contributed by atoms with Gasteiger partial charge in [-0.3, -0.25) is 19.8 Å². The van der Waals surface area contributed by atoms with E-state index < -0.39 is 17.6 Å². The second-order valence-electron chi connectivity index (χ2n) is 15.1. The Morgan fingerprint density at radius 2 is 1.15 bits per heavy atom. The minimum atomic E-state index is -0.926. The van der Waals surface area contributed by atoms with E-state index in [9.17, 15) is 23.5 Å². The van der Waals surface area contributed by atoms with Crippen molar-refractivity contribution in [2.24, 2.45) is 22.7 Å². The summed E-state index contributed by atoms with van der Waals surface area (Å²) in [6.45, 7) is 11.8. The Morgan fingerprint density at radius 3 is 1.53 bits per heavy atom. The first-order valence-corrected chi connectivity index (χ1v) is 17.9. The molecule has 0 aliphatic carbocycles. The number of hydrogen-bond acceptors (Lipinski definition) is 11. The van der Waals surface area contributed by atoms with Crippen LogP contribution in [0.2, 0.25) is 10.0 Å². The van der Waals surface area contributed by atoms with Crippen LogP contribution in [-0.4, -0.2) is 74.5 Å². The highest BCUT2D eigenvalue weighted by molar-refractivity contribution is 6.31. The maximum Gasteiger partial charge on any atom is 0.305 e. The average Bonchev–Trinajstić information content (AvgIpc) is 3.72. The van der Waals surface area contributed by atoms with E-state index in [4.69, 9.17) is 27.9 Å². The number of H-pyrrole nitrogens is 2. The van der Waals surface area contributed by atoms with Crippen LogP contribution in [-0.2, 0) is 27.2 Å². The van der Waals surface area contributed by atoms with E-state index in [-0.39, 0.29) is 77.4 Å². The van der Waals surface area contributed by atoms with Gasteiger partial charge in [0.25, 0.3) is 0 Å². The molecule has 3 N–H and O–H groups in total. The van der Waals surface area contributed by atoms with Crippen LogP contribution >= 0.6 is 23.2 Å². The van der Waals surface area contributed by atoms with Crippen LogP contribution < -0.4 is 0 Å². The molecular weight excluding hydrogens is 757 g/mol. The maximum absolute atomic E-state index is 14.5. The third-order valence-electron chi connectivity index (χ3n) is 9.22. The molecule has 0 fully saturated rings. The summed E-state index contributed by atoms with van der Waals surface area (Å²) in [5.41, 5.74) is 1.72. The van der Waals surface area contributed by atoms with Gasteiger partial charge in [0.2, 0.25) is 0 Å². The Hall–Kier alpha value is -5.22. The lowest BCUT2D eigenvalue weighted by molar-refractivity contribution is -0.142. The van der Waals surface area contributed by atoms with Gasteiger partial charge in [-0.2, -0.15) is 10.2 Å². The molecule has 0 unspecified atom stereocenters. The molecule has 6 aromatic rings. The quantitative estimate of drug-likeness (QED) is 0.114. The lowest BCUT2D eigenvalue weighted by atomic mass is 9.76. The van der Waals surface area contributed by atoms with Crippen LogP contribution in [0.4, 0.5) is 8.78 Å². The van der Waals surface area contributed by atoms with Crippen molar-refractivity contribution in [1.82, 2.24) is 50.3 Å². The average molecular weight is 798 g/mol. The molecule has 0 aromatic carbocycles. The number of rotatable bonds is 10. The Morgan fingerprint density at radius 1 is 0.727 bits per heavy atom. The van der Waals surface area contributed by atoms with Crippen molar-refractivity contribution in [3.63, 3.8) is 0 Å². The summed E-state index contributed by atoms with van der Waals surface area (Å²) >= 11 is 12.0. The lowest BCUT2D eigenvalue weighted by Crippen LogP contribution is -2.27. The smallest absolute Gasteiger partial charge is 0.305 e. The number of carbonyl (C=O) groups excluding carboxylic acids is 1.